The van der Waals surface area contributed by atoms with Crippen LogP contribution in [0.4, 0.5) is 0 Å². The molecule has 25 heavy (non-hydrogen) atoms. The van der Waals surface area contributed by atoms with Crippen molar-refractivity contribution in [2.24, 2.45) is 0 Å². The van der Waals surface area contributed by atoms with Gasteiger partial charge in [0.15, 0.2) is 0 Å². The van der Waals surface area contributed by atoms with Gasteiger partial charge in [-0.05, 0) is 47.9 Å². The van der Waals surface area contributed by atoms with E-state index in [0.29, 0.717) is 5.56 Å². The third kappa shape index (κ3) is 4.63. The summed E-state index contributed by atoms with van der Waals surface area (Å²) in [6, 6.07) is 6.01. The van der Waals surface area contributed by atoms with Gasteiger partial charge in [0, 0.05) is 10.4 Å². The zero-order valence-electron chi connectivity index (χ0n) is 15.4. The summed E-state index contributed by atoms with van der Waals surface area (Å²) in [6.07, 6.45) is 7.24. The van der Waals surface area contributed by atoms with Crippen LogP contribution in [0.25, 0.3) is 10.4 Å². The molecule has 1 heterocycles. The average Bonchev–Trinajstić information content (AvgIpc) is 3.14. The smallest absolute Gasteiger partial charge is 0.342 e. The normalized spacial score (nSPS) is 10.8. The first-order valence-corrected chi connectivity index (χ1v) is 10.0. The Kier molecular flexibility index (Phi) is 7.51. The Labute approximate surface area is 154 Å². The molecule has 0 aliphatic carbocycles. The molecular formula is C21H28O3S. The first-order chi connectivity index (χ1) is 12.1. The number of hydrogen-bond donors (Lipinski definition) is 1. The number of methoxy groups -OCH3 is 1. The maximum atomic E-state index is 12.4. The lowest BCUT2D eigenvalue weighted by molar-refractivity contribution is 0.0598. The highest BCUT2D eigenvalue weighted by molar-refractivity contribution is 7.13. The lowest BCUT2D eigenvalue weighted by atomic mass is 9.90. The van der Waals surface area contributed by atoms with E-state index in [4.69, 9.17) is 4.74 Å². The third-order valence-electron chi connectivity index (χ3n) is 4.47. The Hall–Kier alpha value is -1.81. The quantitative estimate of drug-likeness (QED) is 0.442. The van der Waals surface area contributed by atoms with Gasteiger partial charge in [-0.3, -0.25) is 0 Å². The van der Waals surface area contributed by atoms with Crippen molar-refractivity contribution in [2.75, 3.05) is 7.11 Å². The predicted octanol–water partition coefficient (Wildman–Crippen LogP) is 5.98. The van der Waals surface area contributed by atoms with E-state index in [1.54, 1.807) is 11.3 Å². The minimum absolute atomic E-state index is 0.109. The molecule has 4 heteroatoms. The van der Waals surface area contributed by atoms with E-state index >= 15 is 0 Å². The van der Waals surface area contributed by atoms with Crippen molar-refractivity contribution in [3.63, 3.8) is 0 Å². The van der Waals surface area contributed by atoms with E-state index < -0.39 is 5.97 Å². The maximum absolute atomic E-state index is 12.4. The lowest BCUT2D eigenvalue weighted by Gasteiger charge is -2.17. The Morgan fingerprint density at radius 2 is 1.96 bits per heavy atom. The molecule has 1 N–H and O–H groups in total. The highest BCUT2D eigenvalue weighted by atomic mass is 32.1. The first-order valence-electron chi connectivity index (χ1n) is 9.13. The number of thiophene rings is 1. The highest BCUT2D eigenvalue weighted by Crippen LogP contribution is 2.39. The number of carbonyl (C=O) groups excluding carboxylic acids is 1. The number of carbonyl (C=O) groups is 1. The molecule has 2 aromatic rings. The second-order valence-electron chi connectivity index (χ2n) is 6.31. The molecule has 0 aliphatic rings. The minimum atomic E-state index is -0.473. The van der Waals surface area contributed by atoms with Crippen molar-refractivity contribution in [3.05, 3.63) is 40.3 Å². The number of hydrogen-bond acceptors (Lipinski definition) is 4. The van der Waals surface area contributed by atoms with Gasteiger partial charge in [0.05, 0.1) is 7.11 Å². The van der Waals surface area contributed by atoms with E-state index in [0.717, 1.165) is 53.7 Å². The Balaban J connectivity index is 2.52. The summed E-state index contributed by atoms with van der Waals surface area (Å²) in [5, 5.41) is 12.9. The van der Waals surface area contributed by atoms with Crippen LogP contribution >= 0.6 is 11.3 Å². The topological polar surface area (TPSA) is 46.5 Å². The molecule has 3 nitrogen and oxygen atoms in total. The van der Waals surface area contributed by atoms with E-state index in [-0.39, 0.29) is 5.75 Å². The molecular weight excluding hydrogens is 332 g/mol. The van der Waals surface area contributed by atoms with Crippen molar-refractivity contribution in [1.29, 1.82) is 0 Å². The van der Waals surface area contributed by atoms with E-state index in [2.05, 4.69) is 19.9 Å². The zero-order chi connectivity index (χ0) is 18.2. The standard InChI is InChI=1S/C21H28O3S/c1-4-6-7-8-11-16-15(10-5-2)14-17(18-12-9-13-25-18)19(20(16)22)21(23)24-3/h9,12-14,22H,4-8,10-11H2,1-3H3. The van der Waals surface area contributed by atoms with Gasteiger partial charge in [-0.2, -0.15) is 0 Å². The monoisotopic (exact) mass is 360 g/mol. The average molecular weight is 361 g/mol. The number of ether oxygens (including phenoxy) is 1. The summed E-state index contributed by atoms with van der Waals surface area (Å²) >= 11 is 1.57. The molecule has 1 aromatic heterocycles. The fourth-order valence-corrected chi connectivity index (χ4v) is 3.95. The van der Waals surface area contributed by atoms with Crippen molar-refractivity contribution in [2.45, 2.75) is 58.8 Å². The van der Waals surface area contributed by atoms with Gasteiger partial charge < -0.3 is 9.84 Å². The number of esters is 1. The highest BCUT2D eigenvalue weighted by Gasteiger charge is 2.24. The van der Waals surface area contributed by atoms with Gasteiger partial charge in [-0.15, -0.1) is 11.3 Å². The minimum Gasteiger partial charge on any atom is -0.507 e. The van der Waals surface area contributed by atoms with E-state index in [1.165, 1.54) is 20.0 Å². The summed E-state index contributed by atoms with van der Waals surface area (Å²) < 4.78 is 4.96. The van der Waals surface area contributed by atoms with Crippen molar-refractivity contribution in [3.8, 4) is 16.2 Å². The predicted molar refractivity (Wildman–Crippen MR) is 105 cm³/mol. The Bertz CT molecular complexity index is 690. The number of benzene rings is 1. The van der Waals surface area contributed by atoms with E-state index in [9.17, 15) is 9.90 Å². The van der Waals surface area contributed by atoms with Crippen LogP contribution in [-0.4, -0.2) is 18.2 Å². The zero-order valence-corrected chi connectivity index (χ0v) is 16.2. The molecule has 0 aliphatic heterocycles. The summed E-state index contributed by atoms with van der Waals surface area (Å²) in [5.41, 5.74) is 3.14. The van der Waals surface area contributed by atoms with Crippen molar-refractivity contribution < 1.29 is 14.6 Å². The fourth-order valence-electron chi connectivity index (χ4n) is 3.20. The molecule has 0 atom stereocenters. The lowest BCUT2D eigenvalue weighted by Crippen LogP contribution is -2.08. The SMILES string of the molecule is CCCCCCc1c(CCC)cc(-c2cccs2)c(C(=O)OC)c1O. The van der Waals surface area contributed by atoms with Crippen LogP contribution in [-0.2, 0) is 17.6 Å². The van der Waals surface area contributed by atoms with Crippen LogP contribution in [0.5, 0.6) is 5.75 Å². The van der Waals surface area contributed by atoms with Crippen LogP contribution in [0.15, 0.2) is 23.6 Å². The molecule has 0 saturated heterocycles. The van der Waals surface area contributed by atoms with Crippen LogP contribution in [0, 0.1) is 0 Å². The molecule has 0 fully saturated rings. The van der Waals surface area contributed by atoms with Crippen LogP contribution < -0.4 is 0 Å². The molecule has 0 unspecified atom stereocenters. The van der Waals surface area contributed by atoms with Gasteiger partial charge in [0.25, 0.3) is 0 Å². The Morgan fingerprint density at radius 1 is 1.16 bits per heavy atom. The molecule has 1 aromatic carbocycles. The summed E-state index contributed by atoms with van der Waals surface area (Å²) in [7, 11) is 1.36. The van der Waals surface area contributed by atoms with Gasteiger partial charge in [-0.1, -0.05) is 45.6 Å². The molecule has 0 spiro atoms. The van der Waals surface area contributed by atoms with E-state index in [1.807, 2.05) is 17.5 Å². The number of unbranched alkanes of at least 4 members (excludes halogenated alkanes) is 3. The second kappa shape index (κ2) is 9.62. The van der Waals surface area contributed by atoms with Gasteiger partial charge >= 0.3 is 5.97 Å². The van der Waals surface area contributed by atoms with Crippen LogP contribution in [0.2, 0.25) is 0 Å². The first kappa shape index (κ1) is 19.5. The maximum Gasteiger partial charge on any atom is 0.342 e. The molecule has 0 saturated carbocycles. The largest absolute Gasteiger partial charge is 0.507 e. The van der Waals surface area contributed by atoms with Crippen molar-refractivity contribution >= 4 is 17.3 Å². The van der Waals surface area contributed by atoms with Gasteiger partial charge in [-0.25, -0.2) is 4.79 Å². The van der Waals surface area contributed by atoms with Crippen LogP contribution in [0.3, 0.4) is 0 Å². The molecule has 0 radical (unpaired) electrons. The summed E-state index contributed by atoms with van der Waals surface area (Å²) in [4.78, 5) is 13.3. The Morgan fingerprint density at radius 3 is 2.56 bits per heavy atom. The molecule has 0 bridgehead atoms. The number of aryl methyl sites for hydroxylation is 1. The molecule has 2 rings (SSSR count). The fraction of sp³-hybridized carbons (Fsp3) is 0.476. The number of phenols is 1. The number of aromatic hydroxyl groups is 1. The summed E-state index contributed by atoms with van der Waals surface area (Å²) in [6.45, 7) is 4.32. The van der Waals surface area contributed by atoms with Gasteiger partial charge in [0.1, 0.15) is 11.3 Å². The second-order valence-corrected chi connectivity index (χ2v) is 7.26. The van der Waals surface area contributed by atoms with Crippen LogP contribution in [0.1, 0.15) is 67.4 Å². The van der Waals surface area contributed by atoms with Gasteiger partial charge in [0.2, 0.25) is 0 Å². The number of phenolic OH excluding ortho intramolecular Hbond substituents is 1. The molecule has 0 amide bonds. The van der Waals surface area contributed by atoms with Crippen molar-refractivity contribution in [1.82, 2.24) is 0 Å². The number of rotatable bonds is 9. The third-order valence-corrected chi connectivity index (χ3v) is 5.38. The molecule has 136 valence electrons. The summed E-state index contributed by atoms with van der Waals surface area (Å²) in [5.74, 6) is -0.364.